The van der Waals surface area contributed by atoms with Gasteiger partial charge >= 0.3 is 0 Å². The summed E-state index contributed by atoms with van der Waals surface area (Å²) in [5, 5.41) is 2.61. The van der Waals surface area contributed by atoms with Crippen LogP contribution in [0.3, 0.4) is 0 Å². The Hall–Kier alpha value is -2.60. The Morgan fingerprint density at radius 3 is 2.25 bits per heavy atom. The average Bonchev–Trinajstić information content (AvgIpc) is 2.88. The smallest absolute Gasteiger partial charge is 0.00988 e. The van der Waals surface area contributed by atoms with Crippen LogP contribution in [0.4, 0.5) is 0 Å². The molecule has 0 nitrogen and oxygen atoms in total. The zero-order valence-electron chi connectivity index (χ0n) is 11.1. The molecule has 0 aliphatic heterocycles. The molecule has 0 aromatic heterocycles. The fraction of sp³-hybridized carbons (Fsp3) is 0. The Morgan fingerprint density at radius 1 is 0.600 bits per heavy atom. The van der Waals surface area contributed by atoms with Gasteiger partial charge in [0.15, 0.2) is 0 Å². The van der Waals surface area contributed by atoms with Gasteiger partial charge in [-0.2, -0.15) is 0 Å². The van der Waals surface area contributed by atoms with E-state index in [1.54, 1.807) is 0 Å². The van der Waals surface area contributed by atoms with Crippen molar-refractivity contribution in [2.75, 3.05) is 0 Å². The van der Waals surface area contributed by atoms with Crippen LogP contribution in [0, 0.1) is 0 Å². The van der Waals surface area contributed by atoms with E-state index in [9.17, 15) is 0 Å². The summed E-state index contributed by atoms with van der Waals surface area (Å²) in [6.07, 6.45) is 4.54. The fourth-order valence-corrected chi connectivity index (χ4v) is 2.86. The van der Waals surface area contributed by atoms with E-state index < -0.39 is 0 Å². The summed E-state index contributed by atoms with van der Waals surface area (Å²) in [5.41, 5.74) is 5.23. The van der Waals surface area contributed by atoms with Gasteiger partial charge in [0.05, 0.1) is 0 Å². The molecular weight excluding hydrogens is 240 g/mol. The summed E-state index contributed by atoms with van der Waals surface area (Å²) in [4.78, 5) is 0. The lowest BCUT2D eigenvalue weighted by molar-refractivity contribution is 1.52. The molecule has 0 spiro atoms. The van der Waals surface area contributed by atoms with Gasteiger partial charge in [-0.1, -0.05) is 72.8 Å². The lowest BCUT2D eigenvalue weighted by atomic mass is 10.0. The standard InChI is InChI=1S/C20H14/c1-2-7-15(8-3-1)13-16-10-6-12-19-18-11-5-4-9-17(18)14-20(16)19/h1-14H. The van der Waals surface area contributed by atoms with Crippen LogP contribution in [0.5, 0.6) is 0 Å². The monoisotopic (exact) mass is 254 g/mol. The van der Waals surface area contributed by atoms with E-state index in [0.29, 0.717) is 0 Å². The topological polar surface area (TPSA) is 0 Å². The van der Waals surface area contributed by atoms with Crippen LogP contribution in [0.1, 0.15) is 11.1 Å². The first-order valence-corrected chi connectivity index (χ1v) is 6.89. The van der Waals surface area contributed by atoms with Gasteiger partial charge in [-0.3, -0.25) is 0 Å². The minimum atomic E-state index is 1.24. The van der Waals surface area contributed by atoms with Crippen molar-refractivity contribution in [3.05, 3.63) is 94.4 Å². The van der Waals surface area contributed by atoms with Crippen LogP contribution in [-0.4, -0.2) is 0 Å². The highest BCUT2D eigenvalue weighted by atomic mass is 14.1. The Morgan fingerprint density at radius 2 is 1.35 bits per heavy atom. The predicted octanol–water partition coefficient (Wildman–Crippen LogP) is 3.32. The molecule has 3 aromatic carbocycles. The molecule has 0 heteroatoms. The first-order valence-electron chi connectivity index (χ1n) is 6.89. The van der Waals surface area contributed by atoms with Crippen LogP contribution in [-0.2, 0) is 0 Å². The van der Waals surface area contributed by atoms with Crippen LogP contribution < -0.4 is 10.4 Å². The number of benzene rings is 3. The van der Waals surface area contributed by atoms with Crippen molar-refractivity contribution in [1.82, 2.24) is 0 Å². The van der Waals surface area contributed by atoms with Crippen molar-refractivity contribution >= 4 is 12.2 Å². The molecule has 0 saturated carbocycles. The molecule has 94 valence electrons. The maximum atomic E-state index is 2.29. The van der Waals surface area contributed by atoms with Gasteiger partial charge in [0.25, 0.3) is 0 Å². The van der Waals surface area contributed by atoms with Crippen LogP contribution in [0.25, 0.3) is 23.3 Å². The average molecular weight is 254 g/mol. The van der Waals surface area contributed by atoms with Gasteiger partial charge in [-0.15, -0.1) is 0 Å². The van der Waals surface area contributed by atoms with Crippen LogP contribution in [0.15, 0.2) is 72.8 Å². The van der Waals surface area contributed by atoms with Crippen LogP contribution >= 0.6 is 0 Å². The summed E-state index contributed by atoms with van der Waals surface area (Å²) in [6, 6.07) is 25.6. The minimum Gasteiger partial charge on any atom is -0.0622 e. The quantitative estimate of drug-likeness (QED) is 0.489. The Bertz CT molecular complexity index is 887. The molecule has 1 aliphatic carbocycles. The normalized spacial score (nSPS) is 12.7. The first-order chi connectivity index (χ1) is 9.92. The zero-order valence-corrected chi connectivity index (χ0v) is 11.1. The molecule has 0 atom stereocenters. The third kappa shape index (κ3) is 1.78. The predicted molar refractivity (Wildman–Crippen MR) is 84.7 cm³/mol. The van der Waals surface area contributed by atoms with E-state index >= 15 is 0 Å². The molecule has 0 amide bonds. The zero-order chi connectivity index (χ0) is 13.4. The van der Waals surface area contributed by atoms with E-state index in [2.05, 4.69) is 84.9 Å². The van der Waals surface area contributed by atoms with E-state index in [1.165, 1.54) is 32.7 Å². The SMILES string of the molecule is C(c1ccccc1)=c1cccc2c1=Cc1ccccc1-2. The molecule has 3 aromatic rings. The van der Waals surface area contributed by atoms with E-state index in [4.69, 9.17) is 0 Å². The Balaban J connectivity index is 2.00. The van der Waals surface area contributed by atoms with E-state index in [-0.39, 0.29) is 0 Å². The maximum Gasteiger partial charge on any atom is -0.00988 e. The Kier molecular flexibility index (Phi) is 2.53. The highest BCUT2D eigenvalue weighted by Gasteiger charge is 2.10. The lowest BCUT2D eigenvalue weighted by Gasteiger charge is -2.00. The molecule has 1 aliphatic rings. The second kappa shape index (κ2) is 4.50. The number of fused-ring (bicyclic) bond motifs is 3. The van der Waals surface area contributed by atoms with Gasteiger partial charge in [0.2, 0.25) is 0 Å². The number of hydrogen-bond acceptors (Lipinski definition) is 0. The first kappa shape index (κ1) is 11.2. The van der Waals surface area contributed by atoms with Crippen molar-refractivity contribution in [3.63, 3.8) is 0 Å². The highest BCUT2D eigenvalue weighted by Crippen LogP contribution is 2.24. The Labute approximate surface area is 118 Å². The summed E-state index contributed by atoms with van der Waals surface area (Å²) in [6.45, 7) is 0. The fourth-order valence-electron chi connectivity index (χ4n) is 2.86. The van der Waals surface area contributed by atoms with Gasteiger partial charge in [-0.25, -0.2) is 0 Å². The second-order valence-electron chi connectivity index (χ2n) is 5.10. The summed E-state index contributed by atoms with van der Waals surface area (Å²) in [7, 11) is 0. The van der Waals surface area contributed by atoms with Gasteiger partial charge in [-0.05, 0) is 44.8 Å². The lowest BCUT2D eigenvalue weighted by Crippen LogP contribution is -2.24. The molecule has 0 fully saturated rings. The number of hydrogen-bond donors (Lipinski definition) is 0. The third-order valence-electron chi connectivity index (χ3n) is 3.81. The van der Waals surface area contributed by atoms with Crippen molar-refractivity contribution in [3.8, 4) is 11.1 Å². The van der Waals surface area contributed by atoms with Crippen molar-refractivity contribution in [2.45, 2.75) is 0 Å². The molecular formula is C20H14. The van der Waals surface area contributed by atoms with Gasteiger partial charge in [0.1, 0.15) is 0 Å². The summed E-state index contributed by atoms with van der Waals surface area (Å²) < 4.78 is 0. The van der Waals surface area contributed by atoms with E-state index in [1.807, 2.05) is 0 Å². The summed E-state index contributed by atoms with van der Waals surface area (Å²) >= 11 is 0. The van der Waals surface area contributed by atoms with Gasteiger partial charge in [0, 0.05) is 0 Å². The van der Waals surface area contributed by atoms with E-state index in [0.717, 1.165) is 0 Å². The summed E-state index contributed by atoms with van der Waals surface area (Å²) in [5.74, 6) is 0. The molecule has 20 heavy (non-hydrogen) atoms. The molecule has 0 N–H and O–H groups in total. The maximum absolute atomic E-state index is 2.29. The van der Waals surface area contributed by atoms with Crippen molar-refractivity contribution in [2.24, 2.45) is 0 Å². The minimum absolute atomic E-state index is 1.24. The molecule has 4 rings (SSSR count). The molecule has 0 unspecified atom stereocenters. The molecule has 0 radical (unpaired) electrons. The van der Waals surface area contributed by atoms with Crippen LogP contribution in [0.2, 0.25) is 0 Å². The van der Waals surface area contributed by atoms with Gasteiger partial charge < -0.3 is 0 Å². The third-order valence-corrected chi connectivity index (χ3v) is 3.81. The molecule has 0 heterocycles. The molecule has 0 bridgehead atoms. The highest BCUT2D eigenvalue weighted by molar-refractivity contribution is 5.83. The second-order valence-corrected chi connectivity index (χ2v) is 5.10. The van der Waals surface area contributed by atoms with Crippen molar-refractivity contribution in [1.29, 1.82) is 0 Å². The largest absolute Gasteiger partial charge is 0.0622 e. The molecule has 0 saturated heterocycles. The number of rotatable bonds is 1. The van der Waals surface area contributed by atoms with Crippen molar-refractivity contribution < 1.29 is 0 Å².